The third-order valence-electron chi connectivity index (χ3n) is 4.03. The van der Waals surface area contributed by atoms with Gasteiger partial charge < -0.3 is 10.4 Å². The topological polar surface area (TPSA) is 35.5 Å². The summed E-state index contributed by atoms with van der Waals surface area (Å²) in [5.41, 5.74) is 0.774. The van der Waals surface area contributed by atoms with Gasteiger partial charge in [-0.1, -0.05) is 17.7 Å². The van der Waals surface area contributed by atoms with Crippen molar-refractivity contribution < 1.29 is 9.50 Å². The van der Waals surface area contributed by atoms with E-state index in [0.717, 1.165) is 31.7 Å². The summed E-state index contributed by atoms with van der Waals surface area (Å²) in [7, 11) is 0. The predicted octanol–water partition coefficient (Wildman–Crippen LogP) is 3.38. The highest BCUT2D eigenvalue weighted by Gasteiger charge is 2.38. The first-order valence-corrected chi connectivity index (χ1v) is 7.18. The van der Waals surface area contributed by atoms with Crippen LogP contribution in [0, 0.1) is 11.7 Å². The normalized spacial score (nSPS) is 20.3. The van der Waals surface area contributed by atoms with E-state index in [1.54, 1.807) is 6.07 Å². The monoisotopic (exact) mass is 356 g/mol. The smallest absolute Gasteiger partial charge is 0.145 e. The van der Waals surface area contributed by atoms with Crippen molar-refractivity contribution in [2.45, 2.75) is 18.9 Å². The fourth-order valence-electron chi connectivity index (χ4n) is 2.91. The summed E-state index contributed by atoms with van der Waals surface area (Å²) in [6, 6.07) is 3.21. The SMILES string of the molecule is Cl.Cl.Oc1c([C@H](C2CC2)N2CCNCC2)ccc(F)c1Cl. The molecule has 0 unspecified atom stereocenters. The molecule has 0 bridgehead atoms. The van der Waals surface area contributed by atoms with Crippen LogP contribution in [0.1, 0.15) is 24.4 Å². The number of nitrogens with zero attached hydrogens (tertiary/aromatic N) is 1. The number of halogens is 4. The molecule has 2 fully saturated rings. The Balaban J connectivity index is 0.00000110. The summed E-state index contributed by atoms with van der Waals surface area (Å²) < 4.78 is 13.4. The van der Waals surface area contributed by atoms with E-state index < -0.39 is 5.82 Å². The first-order chi connectivity index (χ1) is 9.18. The third kappa shape index (κ3) is 3.93. The molecule has 3 nitrogen and oxygen atoms in total. The highest BCUT2D eigenvalue weighted by atomic mass is 35.5. The standard InChI is InChI=1S/C14H18ClFN2O.2ClH/c15-12-11(16)4-3-10(14(12)19)13(9-1-2-9)18-7-5-17-6-8-18;;/h3-4,9,13,17,19H,1-2,5-8H2;2*1H/t13-;;/m0../s1. The molecule has 3 rings (SSSR count). The van der Waals surface area contributed by atoms with Gasteiger partial charge in [0.15, 0.2) is 0 Å². The minimum Gasteiger partial charge on any atom is -0.506 e. The van der Waals surface area contributed by atoms with Crippen LogP contribution in [0.25, 0.3) is 0 Å². The lowest BCUT2D eigenvalue weighted by atomic mass is 9.98. The van der Waals surface area contributed by atoms with Crippen molar-refractivity contribution in [3.63, 3.8) is 0 Å². The van der Waals surface area contributed by atoms with Gasteiger partial charge in [-0.3, -0.25) is 4.90 Å². The van der Waals surface area contributed by atoms with Crippen molar-refractivity contribution in [1.29, 1.82) is 0 Å². The fraction of sp³-hybridized carbons (Fsp3) is 0.571. The molecule has 1 atom stereocenters. The Labute approximate surface area is 141 Å². The molecule has 0 aromatic heterocycles. The van der Waals surface area contributed by atoms with Crippen molar-refractivity contribution in [2.75, 3.05) is 26.2 Å². The summed E-state index contributed by atoms with van der Waals surface area (Å²) in [4.78, 5) is 2.37. The van der Waals surface area contributed by atoms with Crippen LogP contribution >= 0.6 is 36.4 Å². The Hall–Kier alpha value is -0.260. The van der Waals surface area contributed by atoms with Gasteiger partial charge in [0.1, 0.15) is 16.6 Å². The van der Waals surface area contributed by atoms with Gasteiger partial charge in [0, 0.05) is 37.8 Å². The molecular formula is C14H20Cl3FN2O. The second-order valence-corrected chi connectivity index (χ2v) is 5.75. The fourth-order valence-corrected chi connectivity index (χ4v) is 3.09. The maximum absolute atomic E-state index is 13.4. The molecule has 2 N–H and O–H groups in total. The molecule has 1 aromatic rings. The Kier molecular flexibility index (Phi) is 7.01. The molecule has 21 heavy (non-hydrogen) atoms. The highest BCUT2D eigenvalue weighted by molar-refractivity contribution is 6.32. The molecule has 0 spiro atoms. The lowest BCUT2D eigenvalue weighted by Crippen LogP contribution is -2.45. The zero-order chi connectivity index (χ0) is 13.4. The maximum atomic E-state index is 13.4. The molecule has 1 saturated carbocycles. The lowest BCUT2D eigenvalue weighted by Gasteiger charge is -2.35. The van der Waals surface area contributed by atoms with Gasteiger partial charge in [-0.25, -0.2) is 4.39 Å². The summed E-state index contributed by atoms with van der Waals surface area (Å²) in [5.74, 6) is -0.0830. The first kappa shape index (κ1) is 18.8. The molecule has 2 aliphatic rings. The van der Waals surface area contributed by atoms with Gasteiger partial charge in [-0.05, 0) is 24.8 Å². The minimum atomic E-state index is -0.558. The van der Waals surface area contributed by atoms with E-state index in [2.05, 4.69) is 10.2 Å². The maximum Gasteiger partial charge on any atom is 0.145 e. The predicted molar refractivity (Wildman–Crippen MR) is 87.5 cm³/mol. The van der Waals surface area contributed by atoms with Gasteiger partial charge >= 0.3 is 0 Å². The molecule has 0 radical (unpaired) electrons. The number of aromatic hydroxyl groups is 1. The van der Waals surface area contributed by atoms with Crippen molar-refractivity contribution in [3.8, 4) is 5.75 Å². The summed E-state index contributed by atoms with van der Waals surface area (Å²) in [5, 5.41) is 13.3. The van der Waals surface area contributed by atoms with Crippen molar-refractivity contribution in [2.24, 2.45) is 5.92 Å². The number of benzene rings is 1. The van der Waals surface area contributed by atoms with Gasteiger partial charge in [0.2, 0.25) is 0 Å². The Morgan fingerprint density at radius 2 is 1.86 bits per heavy atom. The van der Waals surface area contributed by atoms with Gasteiger partial charge in [0.05, 0.1) is 0 Å². The van der Waals surface area contributed by atoms with E-state index in [1.807, 2.05) is 0 Å². The van der Waals surface area contributed by atoms with Crippen LogP contribution in [0.5, 0.6) is 5.75 Å². The van der Waals surface area contributed by atoms with Crippen LogP contribution in [0.2, 0.25) is 5.02 Å². The number of phenolic OH excluding ortho intramolecular Hbond substituents is 1. The molecule has 1 aliphatic heterocycles. The molecule has 1 aromatic carbocycles. The van der Waals surface area contributed by atoms with E-state index in [4.69, 9.17) is 11.6 Å². The van der Waals surface area contributed by atoms with Crippen LogP contribution in [0.4, 0.5) is 4.39 Å². The number of rotatable bonds is 3. The van der Waals surface area contributed by atoms with E-state index >= 15 is 0 Å². The summed E-state index contributed by atoms with van der Waals surface area (Å²) in [6.07, 6.45) is 2.34. The zero-order valence-corrected chi connectivity index (χ0v) is 13.9. The molecule has 1 saturated heterocycles. The lowest BCUT2D eigenvalue weighted by molar-refractivity contribution is 0.153. The van der Waals surface area contributed by atoms with Crippen LogP contribution in [0.15, 0.2) is 12.1 Å². The third-order valence-corrected chi connectivity index (χ3v) is 4.39. The van der Waals surface area contributed by atoms with Crippen molar-refractivity contribution >= 4 is 36.4 Å². The number of piperazine rings is 1. The van der Waals surface area contributed by atoms with Gasteiger partial charge in [0.25, 0.3) is 0 Å². The summed E-state index contributed by atoms with van der Waals surface area (Å²) in [6.45, 7) is 3.82. The number of hydrogen-bond acceptors (Lipinski definition) is 3. The van der Waals surface area contributed by atoms with E-state index in [1.165, 1.54) is 18.9 Å². The average molecular weight is 358 g/mol. The number of phenols is 1. The number of nitrogens with one attached hydrogen (secondary N) is 1. The van der Waals surface area contributed by atoms with Crippen molar-refractivity contribution in [3.05, 3.63) is 28.5 Å². The molecule has 7 heteroatoms. The Morgan fingerprint density at radius 3 is 2.43 bits per heavy atom. The first-order valence-electron chi connectivity index (χ1n) is 6.80. The highest BCUT2D eigenvalue weighted by Crippen LogP contribution is 2.48. The van der Waals surface area contributed by atoms with Crippen LogP contribution in [-0.4, -0.2) is 36.2 Å². The van der Waals surface area contributed by atoms with Crippen LogP contribution < -0.4 is 5.32 Å². The van der Waals surface area contributed by atoms with Gasteiger partial charge in [-0.15, -0.1) is 24.8 Å². The molecule has 1 aliphatic carbocycles. The van der Waals surface area contributed by atoms with Crippen LogP contribution in [0.3, 0.4) is 0 Å². The van der Waals surface area contributed by atoms with E-state index in [9.17, 15) is 9.50 Å². The minimum absolute atomic E-state index is 0. The zero-order valence-electron chi connectivity index (χ0n) is 11.5. The molecule has 1 heterocycles. The van der Waals surface area contributed by atoms with E-state index in [0.29, 0.717) is 5.92 Å². The molecule has 0 amide bonds. The Morgan fingerprint density at radius 1 is 1.24 bits per heavy atom. The van der Waals surface area contributed by atoms with E-state index in [-0.39, 0.29) is 41.6 Å². The van der Waals surface area contributed by atoms with Gasteiger partial charge in [-0.2, -0.15) is 0 Å². The molecular weight excluding hydrogens is 338 g/mol. The second-order valence-electron chi connectivity index (χ2n) is 5.37. The molecule has 120 valence electrons. The van der Waals surface area contributed by atoms with Crippen molar-refractivity contribution in [1.82, 2.24) is 10.2 Å². The number of hydrogen-bond donors (Lipinski definition) is 2. The van der Waals surface area contributed by atoms with Crippen LogP contribution in [-0.2, 0) is 0 Å². The Bertz CT molecular complexity index is 480. The average Bonchev–Trinajstić information content (AvgIpc) is 3.25. The largest absolute Gasteiger partial charge is 0.506 e. The summed E-state index contributed by atoms with van der Waals surface area (Å²) >= 11 is 5.84. The second kappa shape index (κ2) is 7.84. The quantitative estimate of drug-likeness (QED) is 0.870.